The van der Waals surface area contributed by atoms with Gasteiger partial charge in [0, 0.05) is 10.4 Å². The highest BCUT2D eigenvalue weighted by molar-refractivity contribution is 7.94. The molecule has 110 valence electrons. The highest BCUT2D eigenvalue weighted by atomic mass is 32.2. The van der Waals surface area contributed by atoms with Gasteiger partial charge < -0.3 is 5.11 Å². The van der Waals surface area contributed by atoms with Crippen molar-refractivity contribution in [1.82, 2.24) is 0 Å². The largest absolute Gasteiger partial charge is 0.384 e. The van der Waals surface area contributed by atoms with Gasteiger partial charge in [0.25, 0.3) is 10.0 Å². The number of anilines is 1. The molecule has 1 heterocycles. The number of hydrogen-bond acceptors (Lipinski definition) is 4. The number of thiophene rings is 1. The summed E-state index contributed by atoms with van der Waals surface area (Å²) in [5, 5.41) is 8.71. The SMILES string of the molecule is Cc1ccc(S(=O)(=O)Nc2cc(C#CCO)ccc2C)s1. The molecule has 21 heavy (non-hydrogen) atoms. The van der Waals surface area contributed by atoms with Crippen LogP contribution in [0.3, 0.4) is 0 Å². The molecule has 1 aromatic heterocycles. The van der Waals surface area contributed by atoms with Gasteiger partial charge in [0.1, 0.15) is 10.8 Å². The number of rotatable bonds is 3. The van der Waals surface area contributed by atoms with Gasteiger partial charge in [0.05, 0.1) is 5.69 Å². The lowest BCUT2D eigenvalue weighted by molar-refractivity contribution is 0.350. The van der Waals surface area contributed by atoms with Gasteiger partial charge in [-0.15, -0.1) is 11.3 Å². The number of aryl methyl sites for hydroxylation is 2. The number of aliphatic hydroxyl groups excluding tert-OH is 1. The second-order valence-corrected chi connectivity index (χ2v) is 7.66. The van der Waals surface area contributed by atoms with Crippen LogP contribution in [0.15, 0.2) is 34.5 Å². The zero-order valence-electron chi connectivity index (χ0n) is 11.7. The van der Waals surface area contributed by atoms with Crippen molar-refractivity contribution >= 4 is 27.0 Å². The normalized spacial score (nSPS) is 10.8. The van der Waals surface area contributed by atoms with Crippen molar-refractivity contribution in [3.8, 4) is 11.8 Å². The fourth-order valence-electron chi connectivity index (χ4n) is 1.70. The summed E-state index contributed by atoms with van der Waals surface area (Å²) in [7, 11) is -3.58. The summed E-state index contributed by atoms with van der Waals surface area (Å²) in [6.07, 6.45) is 0. The Morgan fingerprint density at radius 3 is 2.62 bits per heavy atom. The van der Waals surface area contributed by atoms with Crippen LogP contribution >= 0.6 is 11.3 Å². The van der Waals surface area contributed by atoms with E-state index in [2.05, 4.69) is 16.6 Å². The lowest BCUT2D eigenvalue weighted by Crippen LogP contribution is -2.12. The Hall–Kier alpha value is -1.81. The van der Waals surface area contributed by atoms with Crippen LogP contribution in [0, 0.1) is 25.7 Å². The molecule has 0 aliphatic heterocycles. The van der Waals surface area contributed by atoms with E-state index >= 15 is 0 Å². The van der Waals surface area contributed by atoms with Crippen LogP contribution in [0.2, 0.25) is 0 Å². The van der Waals surface area contributed by atoms with E-state index in [1.807, 2.05) is 13.8 Å². The fraction of sp³-hybridized carbons (Fsp3) is 0.200. The third-order valence-electron chi connectivity index (χ3n) is 2.77. The molecule has 0 aliphatic carbocycles. The van der Waals surface area contributed by atoms with Crippen LogP contribution < -0.4 is 4.72 Å². The molecule has 0 radical (unpaired) electrons. The molecule has 4 nitrogen and oxygen atoms in total. The van der Waals surface area contributed by atoms with Crippen LogP contribution in [0.4, 0.5) is 5.69 Å². The first kappa shape index (κ1) is 15.6. The van der Waals surface area contributed by atoms with E-state index in [-0.39, 0.29) is 10.8 Å². The van der Waals surface area contributed by atoms with Crippen molar-refractivity contribution in [2.45, 2.75) is 18.1 Å². The Kier molecular flexibility index (Phi) is 4.68. The van der Waals surface area contributed by atoms with Gasteiger partial charge in [-0.1, -0.05) is 17.9 Å². The lowest BCUT2D eigenvalue weighted by Gasteiger charge is -2.09. The van der Waals surface area contributed by atoms with Gasteiger partial charge in [0.2, 0.25) is 0 Å². The average molecular weight is 321 g/mol. The van der Waals surface area contributed by atoms with E-state index in [4.69, 9.17) is 5.11 Å². The van der Waals surface area contributed by atoms with E-state index in [9.17, 15) is 8.42 Å². The Labute approximate surface area is 128 Å². The average Bonchev–Trinajstić information content (AvgIpc) is 2.87. The van der Waals surface area contributed by atoms with Crippen molar-refractivity contribution in [3.63, 3.8) is 0 Å². The minimum absolute atomic E-state index is 0.233. The van der Waals surface area contributed by atoms with E-state index < -0.39 is 10.0 Å². The molecule has 0 aliphatic rings. The summed E-state index contributed by atoms with van der Waals surface area (Å²) in [5.41, 5.74) is 1.95. The maximum atomic E-state index is 12.3. The number of nitrogens with one attached hydrogen (secondary N) is 1. The van der Waals surface area contributed by atoms with E-state index in [0.717, 1.165) is 10.4 Å². The molecule has 2 rings (SSSR count). The number of aliphatic hydroxyl groups is 1. The third-order valence-corrected chi connectivity index (χ3v) is 5.63. The zero-order chi connectivity index (χ0) is 15.5. The summed E-state index contributed by atoms with van der Waals surface area (Å²) < 4.78 is 27.5. The molecule has 0 fully saturated rings. The first-order valence-electron chi connectivity index (χ1n) is 6.22. The molecule has 0 amide bonds. The van der Waals surface area contributed by atoms with Gasteiger partial charge in [-0.25, -0.2) is 8.42 Å². The third kappa shape index (κ3) is 3.85. The molecule has 0 spiro atoms. The quantitative estimate of drug-likeness (QED) is 0.854. The summed E-state index contributed by atoms with van der Waals surface area (Å²) in [6.45, 7) is 3.45. The van der Waals surface area contributed by atoms with Gasteiger partial charge in [0.15, 0.2) is 0 Å². The van der Waals surface area contributed by atoms with Crippen molar-refractivity contribution < 1.29 is 13.5 Å². The predicted molar refractivity (Wildman–Crippen MR) is 85.0 cm³/mol. The van der Waals surface area contributed by atoms with E-state index in [0.29, 0.717) is 11.3 Å². The summed E-state index contributed by atoms with van der Waals surface area (Å²) in [6, 6.07) is 8.60. The topological polar surface area (TPSA) is 66.4 Å². The Morgan fingerprint density at radius 1 is 1.24 bits per heavy atom. The predicted octanol–water partition coefficient (Wildman–Crippen LogP) is 2.51. The first-order valence-corrected chi connectivity index (χ1v) is 8.52. The Balaban J connectivity index is 2.34. The summed E-state index contributed by atoms with van der Waals surface area (Å²) in [5.74, 6) is 5.30. The van der Waals surface area contributed by atoms with Crippen LogP contribution in [-0.2, 0) is 10.0 Å². The molecule has 1 aromatic carbocycles. The Morgan fingerprint density at radius 2 is 2.00 bits per heavy atom. The lowest BCUT2D eigenvalue weighted by atomic mass is 10.1. The van der Waals surface area contributed by atoms with E-state index in [1.54, 1.807) is 30.3 Å². The van der Waals surface area contributed by atoms with Crippen molar-refractivity contribution in [3.05, 3.63) is 46.3 Å². The molecule has 0 saturated heterocycles. The highest BCUT2D eigenvalue weighted by Crippen LogP contribution is 2.25. The van der Waals surface area contributed by atoms with Crippen LogP contribution in [0.5, 0.6) is 0 Å². The van der Waals surface area contributed by atoms with Gasteiger partial charge in [-0.05, 0) is 43.7 Å². The van der Waals surface area contributed by atoms with Gasteiger partial charge in [-0.3, -0.25) is 4.72 Å². The number of benzene rings is 1. The smallest absolute Gasteiger partial charge is 0.271 e. The minimum Gasteiger partial charge on any atom is -0.384 e. The maximum Gasteiger partial charge on any atom is 0.271 e. The zero-order valence-corrected chi connectivity index (χ0v) is 13.3. The number of sulfonamides is 1. The van der Waals surface area contributed by atoms with Gasteiger partial charge >= 0.3 is 0 Å². The molecule has 2 N–H and O–H groups in total. The molecular weight excluding hydrogens is 306 g/mol. The highest BCUT2D eigenvalue weighted by Gasteiger charge is 2.17. The molecular formula is C15H15NO3S2. The summed E-state index contributed by atoms with van der Waals surface area (Å²) >= 11 is 1.23. The number of hydrogen-bond donors (Lipinski definition) is 2. The molecule has 0 atom stereocenters. The second kappa shape index (κ2) is 6.31. The molecule has 6 heteroatoms. The summed E-state index contributed by atoms with van der Waals surface area (Å²) in [4.78, 5) is 0.940. The van der Waals surface area contributed by atoms with E-state index in [1.165, 1.54) is 11.3 Å². The molecule has 0 saturated carbocycles. The standard InChI is InChI=1S/C15H15NO3S2/c1-11-5-7-13(4-3-9-17)10-14(11)16-21(18,19)15-8-6-12(2)20-15/h5-8,10,16-17H,9H2,1-2H3. The second-order valence-electron chi connectivity index (χ2n) is 4.46. The first-order chi connectivity index (χ1) is 9.92. The Bertz CT molecular complexity index is 811. The monoisotopic (exact) mass is 321 g/mol. The molecule has 2 aromatic rings. The van der Waals surface area contributed by atoms with Crippen LogP contribution in [0.1, 0.15) is 16.0 Å². The van der Waals surface area contributed by atoms with Crippen molar-refractivity contribution in [1.29, 1.82) is 0 Å². The molecule has 0 unspecified atom stereocenters. The van der Waals surface area contributed by atoms with Gasteiger partial charge in [-0.2, -0.15) is 0 Å². The maximum absolute atomic E-state index is 12.3. The molecule has 0 bridgehead atoms. The van der Waals surface area contributed by atoms with Crippen molar-refractivity contribution in [2.24, 2.45) is 0 Å². The van der Waals surface area contributed by atoms with Crippen LogP contribution in [0.25, 0.3) is 0 Å². The minimum atomic E-state index is -3.58. The fourth-order valence-corrected chi connectivity index (χ4v) is 4.11. The van der Waals surface area contributed by atoms with Crippen LogP contribution in [-0.4, -0.2) is 20.1 Å². The van der Waals surface area contributed by atoms with Crippen molar-refractivity contribution in [2.75, 3.05) is 11.3 Å².